The number of hydrogen-bond donors (Lipinski definition) is 1. The summed E-state index contributed by atoms with van der Waals surface area (Å²) in [5, 5.41) is 8.80. The SMILES string of the molecule is Cc1cccc2cc([C@H]3c4nc[nH]c4CCN3C(=O)c3nc(Cl)nn3C)nn12. The predicted octanol–water partition coefficient (Wildman–Crippen LogP) is 1.94. The highest BCUT2D eigenvalue weighted by Crippen LogP contribution is 2.34. The standard InChI is InChI=1S/C18H17ClN8O/c1-10-4-3-5-11-8-13(23-27(10)11)15-14-12(20-9-21-14)6-7-26(15)17(28)16-22-18(19)24-25(16)2/h3-5,8-9,15H,6-7H2,1-2H3,(H,20,21)/t15-/m0/s1. The Labute approximate surface area is 165 Å². The molecule has 0 fully saturated rings. The van der Waals surface area contributed by atoms with Crippen LogP contribution in [0, 0.1) is 6.92 Å². The van der Waals surface area contributed by atoms with Crippen molar-refractivity contribution in [1.82, 2.24) is 39.2 Å². The summed E-state index contributed by atoms with van der Waals surface area (Å²) < 4.78 is 3.27. The highest BCUT2D eigenvalue weighted by molar-refractivity contribution is 6.28. The van der Waals surface area contributed by atoms with Crippen LogP contribution >= 0.6 is 11.6 Å². The molecule has 1 atom stereocenters. The van der Waals surface area contributed by atoms with Gasteiger partial charge in [0, 0.05) is 31.4 Å². The highest BCUT2D eigenvalue weighted by atomic mass is 35.5. The van der Waals surface area contributed by atoms with Crippen LogP contribution in [0.1, 0.15) is 39.4 Å². The number of aromatic amines is 1. The molecule has 1 N–H and O–H groups in total. The first-order valence-electron chi connectivity index (χ1n) is 8.88. The molecule has 9 nitrogen and oxygen atoms in total. The second kappa shape index (κ2) is 6.16. The van der Waals surface area contributed by atoms with Crippen molar-refractivity contribution in [3.05, 3.63) is 64.5 Å². The molecule has 5 heterocycles. The van der Waals surface area contributed by atoms with Crippen molar-refractivity contribution in [2.24, 2.45) is 7.05 Å². The Morgan fingerprint density at radius 2 is 2.18 bits per heavy atom. The van der Waals surface area contributed by atoms with Crippen molar-refractivity contribution < 1.29 is 4.79 Å². The Morgan fingerprint density at radius 3 is 2.93 bits per heavy atom. The van der Waals surface area contributed by atoms with Crippen molar-refractivity contribution in [3.63, 3.8) is 0 Å². The third kappa shape index (κ3) is 2.50. The predicted molar refractivity (Wildman–Crippen MR) is 101 cm³/mol. The molecule has 1 aliphatic heterocycles. The molecular weight excluding hydrogens is 380 g/mol. The van der Waals surface area contributed by atoms with Crippen LogP contribution in [-0.4, -0.2) is 51.7 Å². The normalized spacial score (nSPS) is 16.5. The lowest BCUT2D eigenvalue weighted by molar-refractivity contribution is 0.0669. The van der Waals surface area contributed by atoms with E-state index < -0.39 is 6.04 Å². The summed E-state index contributed by atoms with van der Waals surface area (Å²) in [7, 11) is 1.65. The van der Waals surface area contributed by atoms with E-state index in [2.05, 4.69) is 20.1 Å². The van der Waals surface area contributed by atoms with Crippen LogP contribution in [0.15, 0.2) is 30.6 Å². The second-order valence-corrected chi connectivity index (χ2v) is 7.16. The lowest BCUT2D eigenvalue weighted by atomic mass is 9.99. The van der Waals surface area contributed by atoms with Crippen LogP contribution in [0.25, 0.3) is 5.52 Å². The van der Waals surface area contributed by atoms with E-state index in [1.54, 1.807) is 18.3 Å². The minimum absolute atomic E-state index is 0.0447. The van der Waals surface area contributed by atoms with Crippen LogP contribution in [0.3, 0.4) is 0 Å². The summed E-state index contributed by atoms with van der Waals surface area (Å²) in [5.41, 5.74) is 4.54. The minimum Gasteiger partial charge on any atom is -0.348 e. The van der Waals surface area contributed by atoms with Gasteiger partial charge in [-0.25, -0.2) is 14.2 Å². The third-order valence-electron chi connectivity index (χ3n) is 5.09. The molecule has 0 radical (unpaired) electrons. The summed E-state index contributed by atoms with van der Waals surface area (Å²) in [6, 6.07) is 7.55. The number of fused-ring (bicyclic) bond motifs is 2. The van der Waals surface area contributed by atoms with E-state index in [9.17, 15) is 4.79 Å². The zero-order valence-corrected chi connectivity index (χ0v) is 16.1. The second-order valence-electron chi connectivity index (χ2n) is 6.82. The van der Waals surface area contributed by atoms with Crippen molar-refractivity contribution in [3.8, 4) is 0 Å². The molecule has 28 heavy (non-hydrogen) atoms. The number of nitrogens with zero attached hydrogens (tertiary/aromatic N) is 7. The summed E-state index contributed by atoms with van der Waals surface area (Å²) in [5.74, 6) is -0.0664. The molecule has 0 spiro atoms. The molecule has 142 valence electrons. The molecule has 1 aliphatic rings. The van der Waals surface area contributed by atoms with Crippen LogP contribution < -0.4 is 0 Å². The van der Waals surface area contributed by atoms with Crippen molar-refractivity contribution in [1.29, 1.82) is 0 Å². The molecular formula is C18H17ClN8O. The van der Waals surface area contributed by atoms with Crippen LogP contribution in [-0.2, 0) is 13.5 Å². The summed E-state index contributed by atoms with van der Waals surface area (Å²) in [4.78, 5) is 26.8. The maximum atomic E-state index is 13.3. The van der Waals surface area contributed by atoms with Gasteiger partial charge >= 0.3 is 0 Å². The number of H-pyrrole nitrogens is 1. The first-order valence-corrected chi connectivity index (χ1v) is 9.25. The molecule has 0 saturated heterocycles. The Balaban J connectivity index is 1.65. The number of hydrogen-bond acceptors (Lipinski definition) is 5. The first-order chi connectivity index (χ1) is 13.5. The molecule has 0 aromatic carbocycles. The minimum atomic E-state index is -0.419. The van der Waals surface area contributed by atoms with Crippen molar-refractivity contribution >= 4 is 23.0 Å². The number of aromatic nitrogens is 7. The molecule has 0 saturated carbocycles. The van der Waals surface area contributed by atoms with Crippen LogP contribution in [0.4, 0.5) is 0 Å². The zero-order chi connectivity index (χ0) is 19.4. The average Bonchev–Trinajstić information content (AvgIpc) is 3.38. The van der Waals surface area contributed by atoms with E-state index in [1.165, 1.54) is 4.68 Å². The molecule has 0 bridgehead atoms. The van der Waals surface area contributed by atoms with Gasteiger partial charge in [-0.2, -0.15) is 10.1 Å². The summed E-state index contributed by atoms with van der Waals surface area (Å²) >= 11 is 5.89. The van der Waals surface area contributed by atoms with E-state index in [4.69, 9.17) is 16.7 Å². The Hall–Kier alpha value is -3.20. The monoisotopic (exact) mass is 396 g/mol. The number of aryl methyl sites for hydroxylation is 2. The van der Waals surface area contributed by atoms with E-state index >= 15 is 0 Å². The quantitative estimate of drug-likeness (QED) is 0.558. The van der Waals surface area contributed by atoms with E-state index in [0.29, 0.717) is 13.0 Å². The molecule has 5 rings (SSSR count). The largest absolute Gasteiger partial charge is 0.348 e. The fraction of sp³-hybridized carbons (Fsp3) is 0.278. The summed E-state index contributed by atoms with van der Waals surface area (Å²) in [6.45, 7) is 2.51. The fourth-order valence-corrected chi connectivity index (χ4v) is 3.96. The lowest BCUT2D eigenvalue weighted by Crippen LogP contribution is -2.42. The van der Waals surface area contributed by atoms with Gasteiger partial charge in [0.15, 0.2) is 0 Å². The molecule has 0 unspecified atom stereocenters. The number of nitrogens with one attached hydrogen (secondary N) is 1. The molecule has 0 aliphatic carbocycles. The molecule has 1 amide bonds. The number of pyridine rings is 1. The first kappa shape index (κ1) is 16.9. The van der Waals surface area contributed by atoms with Gasteiger partial charge in [-0.15, -0.1) is 5.10 Å². The van der Waals surface area contributed by atoms with Crippen LogP contribution in [0.5, 0.6) is 0 Å². The number of halogens is 1. The fourth-order valence-electron chi connectivity index (χ4n) is 3.77. The van der Waals surface area contributed by atoms with E-state index in [0.717, 1.165) is 28.3 Å². The number of imidazole rings is 1. The highest BCUT2D eigenvalue weighted by Gasteiger charge is 2.37. The third-order valence-corrected chi connectivity index (χ3v) is 5.25. The topological polar surface area (TPSA) is 97.0 Å². The maximum Gasteiger partial charge on any atom is 0.292 e. The zero-order valence-electron chi connectivity index (χ0n) is 15.3. The Morgan fingerprint density at radius 1 is 1.32 bits per heavy atom. The van der Waals surface area contributed by atoms with Gasteiger partial charge < -0.3 is 9.88 Å². The van der Waals surface area contributed by atoms with E-state index in [1.807, 2.05) is 35.7 Å². The van der Waals surface area contributed by atoms with Gasteiger partial charge in [0.2, 0.25) is 11.1 Å². The van der Waals surface area contributed by atoms with Gasteiger partial charge in [-0.1, -0.05) is 6.07 Å². The average molecular weight is 397 g/mol. The molecule has 10 heteroatoms. The van der Waals surface area contributed by atoms with Crippen LogP contribution in [0.2, 0.25) is 5.28 Å². The number of rotatable bonds is 2. The number of amides is 1. The van der Waals surface area contributed by atoms with Gasteiger partial charge in [0.05, 0.1) is 23.2 Å². The molecule has 4 aromatic rings. The number of carbonyl (C=O) groups is 1. The van der Waals surface area contributed by atoms with E-state index in [-0.39, 0.29) is 17.0 Å². The van der Waals surface area contributed by atoms with Gasteiger partial charge in [0.1, 0.15) is 6.04 Å². The smallest absolute Gasteiger partial charge is 0.292 e. The Bertz CT molecular complexity index is 1210. The molecule has 4 aromatic heterocycles. The van der Waals surface area contributed by atoms with Gasteiger partial charge in [-0.3, -0.25) is 4.79 Å². The maximum absolute atomic E-state index is 13.3. The Kier molecular flexibility index (Phi) is 3.73. The van der Waals surface area contributed by atoms with Gasteiger partial charge in [-0.05, 0) is 36.7 Å². The summed E-state index contributed by atoms with van der Waals surface area (Å²) in [6.07, 6.45) is 2.33. The lowest BCUT2D eigenvalue weighted by Gasteiger charge is -2.33. The van der Waals surface area contributed by atoms with Crippen molar-refractivity contribution in [2.45, 2.75) is 19.4 Å². The van der Waals surface area contributed by atoms with Gasteiger partial charge in [0.25, 0.3) is 5.91 Å². The van der Waals surface area contributed by atoms with Crippen molar-refractivity contribution in [2.75, 3.05) is 6.54 Å². The number of carbonyl (C=O) groups excluding carboxylic acids is 1.